The third-order valence-electron chi connectivity index (χ3n) is 4.10. The Bertz CT molecular complexity index is 1100. The molecule has 0 fully saturated rings. The maximum atomic E-state index is 10.7. The summed E-state index contributed by atoms with van der Waals surface area (Å²) in [5.74, 6) is -1.48. The number of carboxylic acids is 1. The van der Waals surface area contributed by atoms with Crippen molar-refractivity contribution in [3.8, 4) is 5.75 Å². The van der Waals surface area contributed by atoms with Crippen LogP contribution >= 0.6 is 11.6 Å². The first kappa shape index (κ1) is 24.7. The Morgan fingerprint density at radius 2 is 1.97 bits per heavy atom. The van der Waals surface area contributed by atoms with E-state index >= 15 is 0 Å². The Hall–Kier alpha value is -3.53. The van der Waals surface area contributed by atoms with Gasteiger partial charge in [0.05, 0.1) is 31.2 Å². The van der Waals surface area contributed by atoms with Crippen molar-refractivity contribution >= 4 is 29.2 Å². The van der Waals surface area contributed by atoms with Crippen LogP contribution in [0.5, 0.6) is 5.75 Å². The number of oxazole rings is 2. The van der Waals surface area contributed by atoms with Gasteiger partial charge in [0.1, 0.15) is 12.0 Å². The predicted octanol–water partition coefficient (Wildman–Crippen LogP) is 4.41. The number of carbonyl (C=O) groups excluding carboxylic acids is 1. The van der Waals surface area contributed by atoms with Gasteiger partial charge in [-0.25, -0.2) is 19.6 Å². The smallest absolute Gasteiger partial charge is 0.392 e. The number of ether oxygens (including phenoxy) is 1. The molecule has 3 N–H and O–H groups in total. The molecule has 1 aromatic carbocycles. The standard InChI is InChI=1S/C15H17ClN2O4.C6H7NO3/c1-15(2,3)9-4-11(12(19)5-10(9)16)17-6-8-7-22-13(18-8)14(20)21;1-4-7-3-5(10-4)6(8)9-2/h4-5,7,17,19H,6H2,1-3H3,(H,20,21);3H,1-2H3. The molecule has 11 heteroatoms. The number of esters is 1. The fourth-order valence-electron chi connectivity index (χ4n) is 2.51. The fraction of sp³-hybridized carbons (Fsp3) is 0.333. The number of hydrogen-bond acceptors (Lipinski definition) is 9. The van der Waals surface area contributed by atoms with Crippen molar-refractivity contribution in [2.24, 2.45) is 0 Å². The summed E-state index contributed by atoms with van der Waals surface area (Å²) in [4.78, 5) is 28.9. The van der Waals surface area contributed by atoms with Gasteiger partial charge in [-0.2, -0.15) is 0 Å². The van der Waals surface area contributed by atoms with E-state index in [9.17, 15) is 14.7 Å². The molecule has 3 aromatic rings. The number of benzene rings is 1. The van der Waals surface area contributed by atoms with Crippen LogP contribution in [0.3, 0.4) is 0 Å². The van der Waals surface area contributed by atoms with Crippen LogP contribution in [0.1, 0.15) is 59.2 Å². The van der Waals surface area contributed by atoms with Crippen molar-refractivity contribution in [2.45, 2.75) is 39.7 Å². The Morgan fingerprint density at radius 1 is 1.28 bits per heavy atom. The number of carboxylic acid groups (broad SMARTS) is 1. The molecule has 32 heavy (non-hydrogen) atoms. The number of hydrogen-bond donors (Lipinski definition) is 3. The molecule has 3 rings (SSSR count). The van der Waals surface area contributed by atoms with Crippen LogP contribution < -0.4 is 5.32 Å². The van der Waals surface area contributed by atoms with Gasteiger partial charge < -0.3 is 29.1 Å². The maximum Gasteiger partial charge on any atom is 0.392 e. The number of aromatic carboxylic acids is 1. The highest BCUT2D eigenvalue weighted by atomic mass is 35.5. The molecule has 0 amide bonds. The quantitative estimate of drug-likeness (QED) is 0.365. The summed E-state index contributed by atoms with van der Waals surface area (Å²) in [5.41, 5.74) is 1.63. The second-order valence-electron chi connectivity index (χ2n) is 7.64. The molecule has 2 heterocycles. The first-order chi connectivity index (χ1) is 14.9. The Labute approximate surface area is 189 Å². The monoisotopic (exact) mass is 465 g/mol. The van der Waals surface area contributed by atoms with E-state index in [4.69, 9.17) is 25.5 Å². The summed E-state index contributed by atoms with van der Waals surface area (Å²) in [6, 6.07) is 3.26. The predicted molar refractivity (Wildman–Crippen MR) is 115 cm³/mol. The number of aromatic nitrogens is 2. The van der Waals surface area contributed by atoms with E-state index in [0.29, 0.717) is 22.3 Å². The number of anilines is 1. The average molecular weight is 466 g/mol. The number of rotatable bonds is 5. The number of nitrogens with zero attached hydrogens (tertiary/aromatic N) is 2. The summed E-state index contributed by atoms with van der Waals surface area (Å²) in [7, 11) is 1.29. The topological polar surface area (TPSA) is 148 Å². The lowest BCUT2D eigenvalue weighted by molar-refractivity contribution is 0.0562. The van der Waals surface area contributed by atoms with Crippen LogP contribution in [0.4, 0.5) is 5.69 Å². The minimum Gasteiger partial charge on any atom is -0.506 e. The van der Waals surface area contributed by atoms with Gasteiger partial charge >= 0.3 is 17.8 Å². The van der Waals surface area contributed by atoms with Crippen molar-refractivity contribution in [1.82, 2.24) is 9.97 Å². The lowest BCUT2D eigenvalue weighted by Gasteiger charge is -2.22. The fourth-order valence-corrected chi connectivity index (χ4v) is 2.95. The van der Waals surface area contributed by atoms with Gasteiger partial charge in [0.15, 0.2) is 5.89 Å². The zero-order chi connectivity index (χ0) is 24.1. The van der Waals surface area contributed by atoms with E-state index in [2.05, 4.69) is 20.0 Å². The van der Waals surface area contributed by atoms with Crippen molar-refractivity contribution < 1.29 is 33.4 Å². The van der Waals surface area contributed by atoms with Crippen LogP contribution in [-0.2, 0) is 16.7 Å². The lowest BCUT2D eigenvalue weighted by Crippen LogP contribution is -2.12. The van der Waals surface area contributed by atoms with Crippen molar-refractivity contribution in [2.75, 3.05) is 12.4 Å². The minimum atomic E-state index is -1.23. The molecule has 0 atom stereocenters. The number of halogens is 1. The maximum absolute atomic E-state index is 10.7. The molecule has 0 aliphatic carbocycles. The van der Waals surface area contributed by atoms with E-state index in [0.717, 1.165) is 5.56 Å². The van der Waals surface area contributed by atoms with E-state index in [-0.39, 0.29) is 29.4 Å². The molecule has 0 unspecified atom stereocenters. The zero-order valence-electron chi connectivity index (χ0n) is 18.2. The van der Waals surface area contributed by atoms with Gasteiger partial charge in [-0.15, -0.1) is 0 Å². The van der Waals surface area contributed by atoms with Gasteiger partial charge in [-0.3, -0.25) is 0 Å². The van der Waals surface area contributed by atoms with E-state index in [1.54, 1.807) is 13.0 Å². The molecule has 10 nitrogen and oxygen atoms in total. The summed E-state index contributed by atoms with van der Waals surface area (Å²) in [5, 5.41) is 22.2. The zero-order valence-corrected chi connectivity index (χ0v) is 19.0. The molecular formula is C21H24ClN3O7. The average Bonchev–Trinajstić information content (AvgIpc) is 3.35. The number of aromatic hydroxyl groups is 1. The summed E-state index contributed by atoms with van der Waals surface area (Å²) in [6.45, 7) is 7.94. The molecule has 0 radical (unpaired) electrons. The lowest BCUT2D eigenvalue weighted by atomic mass is 9.86. The van der Waals surface area contributed by atoms with Crippen molar-refractivity contribution in [1.29, 1.82) is 0 Å². The molecule has 0 aliphatic heterocycles. The normalized spacial score (nSPS) is 10.8. The number of methoxy groups -OCH3 is 1. The molecule has 0 spiro atoms. The minimum absolute atomic E-state index is 0.0138. The molecule has 172 valence electrons. The molecular weight excluding hydrogens is 442 g/mol. The van der Waals surface area contributed by atoms with Gasteiger partial charge in [-0.1, -0.05) is 32.4 Å². The number of carbonyl (C=O) groups is 2. The number of phenolic OH excluding ortho intramolecular Hbond substituents is 1. The molecule has 0 bridgehead atoms. The van der Waals surface area contributed by atoms with Crippen LogP contribution in [0, 0.1) is 6.92 Å². The highest BCUT2D eigenvalue weighted by Gasteiger charge is 2.20. The highest BCUT2D eigenvalue weighted by Crippen LogP contribution is 2.37. The van der Waals surface area contributed by atoms with E-state index < -0.39 is 11.9 Å². The number of nitrogens with one attached hydrogen (secondary N) is 1. The third kappa shape index (κ3) is 6.48. The van der Waals surface area contributed by atoms with Crippen LogP contribution in [-0.4, -0.2) is 39.2 Å². The summed E-state index contributed by atoms with van der Waals surface area (Å²) < 4.78 is 14.0. The van der Waals surface area contributed by atoms with Gasteiger partial charge in [-0.05, 0) is 17.0 Å². The Morgan fingerprint density at radius 3 is 2.47 bits per heavy atom. The second kappa shape index (κ2) is 10.2. The van der Waals surface area contributed by atoms with Gasteiger partial charge in [0.2, 0.25) is 5.76 Å². The number of phenols is 1. The first-order valence-electron chi connectivity index (χ1n) is 9.37. The number of aryl methyl sites for hydroxylation is 1. The second-order valence-corrected chi connectivity index (χ2v) is 8.04. The Balaban J connectivity index is 0.000000303. The molecule has 0 saturated carbocycles. The first-order valence-corrected chi connectivity index (χ1v) is 9.75. The third-order valence-corrected chi connectivity index (χ3v) is 4.41. The van der Waals surface area contributed by atoms with Crippen molar-refractivity contribution in [3.05, 3.63) is 58.4 Å². The SMILES string of the molecule is CC(C)(C)c1cc(NCc2coc(C(=O)O)n2)c(O)cc1Cl.COC(=O)c1cnc(C)o1. The largest absolute Gasteiger partial charge is 0.506 e. The molecule has 0 saturated heterocycles. The Kier molecular flexibility index (Phi) is 7.87. The highest BCUT2D eigenvalue weighted by molar-refractivity contribution is 6.31. The van der Waals surface area contributed by atoms with E-state index in [1.165, 1.54) is 25.6 Å². The molecule has 2 aromatic heterocycles. The van der Waals surface area contributed by atoms with E-state index in [1.807, 2.05) is 20.8 Å². The van der Waals surface area contributed by atoms with Gasteiger partial charge in [0, 0.05) is 18.0 Å². The van der Waals surface area contributed by atoms with Crippen LogP contribution in [0.15, 0.2) is 33.4 Å². The van der Waals surface area contributed by atoms with Gasteiger partial charge in [0.25, 0.3) is 0 Å². The summed E-state index contributed by atoms with van der Waals surface area (Å²) >= 11 is 6.16. The van der Waals surface area contributed by atoms with Crippen molar-refractivity contribution in [3.63, 3.8) is 0 Å². The molecule has 0 aliphatic rings. The summed E-state index contributed by atoms with van der Waals surface area (Å²) in [6.07, 6.45) is 2.59. The van der Waals surface area contributed by atoms with Crippen LogP contribution in [0.25, 0.3) is 0 Å². The van der Waals surface area contributed by atoms with Crippen LogP contribution in [0.2, 0.25) is 5.02 Å².